The first-order valence-electron chi connectivity index (χ1n) is 1.63. The van der Waals surface area contributed by atoms with Crippen LogP contribution in [0.1, 0.15) is 0 Å². The molecular formula is C3H3NS3. The Morgan fingerprint density at radius 1 is 1.86 bits per heavy atom. The Labute approximate surface area is 55.0 Å². The Bertz CT molecular complexity index is 125. The summed E-state index contributed by atoms with van der Waals surface area (Å²) < 4.78 is 1.14. The van der Waals surface area contributed by atoms with Gasteiger partial charge >= 0.3 is 0 Å². The van der Waals surface area contributed by atoms with E-state index in [2.05, 4.69) is 16.6 Å². The number of hydrogen-bond acceptors (Lipinski definition) is 4. The largest absolute Gasteiger partial charge is 0.252 e. The Morgan fingerprint density at radius 2 is 2.71 bits per heavy atom. The molecule has 0 aliphatic heterocycles. The van der Waals surface area contributed by atoms with Crippen LogP contribution in [0.15, 0.2) is 15.9 Å². The van der Waals surface area contributed by atoms with E-state index >= 15 is 0 Å². The number of rotatable bonds is 1. The van der Waals surface area contributed by atoms with Crippen molar-refractivity contribution in [2.24, 2.45) is 0 Å². The lowest BCUT2D eigenvalue weighted by molar-refractivity contribution is 1.38. The number of nitrogens with zero attached hydrogens (tertiary/aromatic N) is 1. The van der Waals surface area contributed by atoms with Crippen LogP contribution in [0.3, 0.4) is 0 Å². The first-order valence-corrected chi connectivity index (χ1v) is 4.38. The van der Waals surface area contributed by atoms with Gasteiger partial charge in [-0.3, -0.25) is 4.98 Å². The molecule has 1 rings (SSSR count). The molecular weight excluding hydrogens is 146 g/mol. The van der Waals surface area contributed by atoms with Crippen molar-refractivity contribution < 1.29 is 0 Å². The van der Waals surface area contributed by atoms with Crippen molar-refractivity contribution in [3.8, 4) is 0 Å². The number of thiol groups is 1. The fraction of sp³-hybridized carbons (Fsp3) is 0. The van der Waals surface area contributed by atoms with Crippen LogP contribution in [0, 0.1) is 0 Å². The van der Waals surface area contributed by atoms with E-state index in [0.29, 0.717) is 0 Å². The number of thiazole rings is 1. The van der Waals surface area contributed by atoms with Gasteiger partial charge in [-0.15, -0.1) is 23.0 Å². The van der Waals surface area contributed by atoms with Gasteiger partial charge in [-0.2, -0.15) is 0 Å². The molecule has 1 heterocycles. The second-order valence-electron chi connectivity index (χ2n) is 0.912. The van der Waals surface area contributed by atoms with Crippen molar-refractivity contribution in [1.29, 1.82) is 0 Å². The van der Waals surface area contributed by atoms with Crippen molar-refractivity contribution in [1.82, 2.24) is 4.98 Å². The summed E-state index contributed by atoms with van der Waals surface area (Å²) in [5, 5.41) is 0. The second-order valence-corrected chi connectivity index (χ2v) is 3.23. The van der Waals surface area contributed by atoms with Gasteiger partial charge in [-0.1, -0.05) is 0 Å². The van der Waals surface area contributed by atoms with Gasteiger partial charge in [-0.05, 0) is 10.8 Å². The Balaban J connectivity index is 2.76. The van der Waals surface area contributed by atoms with E-state index in [0.717, 1.165) is 4.21 Å². The third kappa shape index (κ3) is 1.36. The van der Waals surface area contributed by atoms with Gasteiger partial charge in [0.05, 0.1) is 15.9 Å². The fourth-order valence-electron chi connectivity index (χ4n) is 0.249. The highest BCUT2D eigenvalue weighted by Gasteiger charge is 1.85. The van der Waals surface area contributed by atoms with Crippen LogP contribution in [-0.2, 0) is 0 Å². The minimum Gasteiger partial charge on any atom is -0.252 e. The summed E-state index contributed by atoms with van der Waals surface area (Å²) in [7, 11) is 1.43. The van der Waals surface area contributed by atoms with Gasteiger partial charge in [0, 0.05) is 0 Å². The van der Waals surface area contributed by atoms with Crippen LogP contribution in [-0.4, -0.2) is 4.98 Å². The Morgan fingerprint density at radius 3 is 3.00 bits per heavy atom. The van der Waals surface area contributed by atoms with Gasteiger partial charge in [0.2, 0.25) is 0 Å². The minimum absolute atomic E-state index is 1.14. The summed E-state index contributed by atoms with van der Waals surface area (Å²) >= 11 is 5.56. The molecule has 0 aromatic carbocycles. The van der Waals surface area contributed by atoms with Crippen LogP contribution in [0.5, 0.6) is 0 Å². The Hall–Kier alpha value is 0.330. The summed E-state index contributed by atoms with van der Waals surface area (Å²) in [6.45, 7) is 0. The van der Waals surface area contributed by atoms with Crippen LogP contribution in [0.2, 0.25) is 0 Å². The first-order chi connectivity index (χ1) is 3.43. The lowest BCUT2D eigenvalue weighted by atomic mass is 11.0. The molecule has 0 bridgehead atoms. The highest BCUT2D eigenvalue weighted by Crippen LogP contribution is 2.23. The van der Waals surface area contributed by atoms with E-state index in [-0.39, 0.29) is 0 Å². The minimum atomic E-state index is 1.14. The molecule has 0 aliphatic rings. The second kappa shape index (κ2) is 2.59. The van der Waals surface area contributed by atoms with Crippen molar-refractivity contribution in [3.63, 3.8) is 0 Å². The summed E-state index contributed by atoms with van der Waals surface area (Å²) in [6, 6.07) is 0. The lowest BCUT2D eigenvalue weighted by Gasteiger charge is -1.75. The average Bonchev–Trinajstić information content (AvgIpc) is 2.14. The third-order valence-electron chi connectivity index (χ3n) is 0.500. The van der Waals surface area contributed by atoms with E-state index in [9.17, 15) is 0 Å². The van der Waals surface area contributed by atoms with E-state index in [4.69, 9.17) is 0 Å². The molecule has 38 valence electrons. The fourth-order valence-corrected chi connectivity index (χ4v) is 1.53. The molecule has 0 saturated carbocycles. The molecule has 1 nitrogen and oxygen atoms in total. The van der Waals surface area contributed by atoms with E-state index in [1.54, 1.807) is 23.0 Å². The standard InChI is InChI=1S/C3H3NS3/c5-7-3-1-4-2-6-3/h1-2,5H. The van der Waals surface area contributed by atoms with Gasteiger partial charge in [-0.25, -0.2) is 0 Å². The summed E-state index contributed by atoms with van der Waals surface area (Å²) in [5.74, 6) is 0. The smallest absolute Gasteiger partial charge is 0.0902 e. The maximum absolute atomic E-state index is 3.96. The monoisotopic (exact) mass is 149 g/mol. The first kappa shape index (κ1) is 5.47. The molecule has 0 spiro atoms. The SMILES string of the molecule is SSc1cncs1. The van der Waals surface area contributed by atoms with Crippen LogP contribution in [0.25, 0.3) is 0 Å². The van der Waals surface area contributed by atoms with Gasteiger partial charge in [0.25, 0.3) is 0 Å². The van der Waals surface area contributed by atoms with Gasteiger partial charge in [0.1, 0.15) is 0 Å². The summed E-state index contributed by atoms with van der Waals surface area (Å²) in [4.78, 5) is 3.84. The van der Waals surface area contributed by atoms with Crippen molar-refractivity contribution in [2.45, 2.75) is 4.21 Å². The zero-order valence-corrected chi connectivity index (χ0v) is 5.89. The van der Waals surface area contributed by atoms with Gasteiger partial charge in [0.15, 0.2) is 0 Å². The van der Waals surface area contributed by atoms with E-state index in [1.165, 1.54) is 10.8 Å². The molecule has 4 heteroatoms. The summed E-state index contributed by atoms with van der Waals surface area (Å²) in [5.41, 5.74) is 1.79. The predicted molar refractivity (Wildman–Crippen MR) is 37.0 cm³/mol. The Kier molecular flexibility index (Phi) is 2.02. The number of aromatic nitrogens is 1. The molecule has 0 N–H and O–H groups in total. The average molecular weight is 149 g/mol. The maximum atomic E-state index is 3.96. The molecule has 7 heavy (non-hydrogen) atoms. The van der Waals surface area contributed by atoms with E-state index in [1.807, 2.05) is 0 Å². The normalized spacial score (nSPS) is 9.29. The zero-order valence-electron chi connectivity index (χ0n) is 3.37. The highest BCUT2D eigenvalue weighted by atomic mass is 33.1. The van der Waals surface area contributed by atoms with Gasteiger partial charge < -0.3 is 0 Å². The highest BCUT2D eigenvalue weighted by molar-refractivity contribution is 8.69. The molecule has 0 atom stereocenters. The van der Waals surface area contributed by atoms with Crippen molar-refractivity contribution >= 4 is 33.8 Å². The van der Waals surface area contributed by atoms with Crippen molar-refractivity contribution in [3.05, 3.63) is 11.7 Å². The molecule has 0 aliphatic carbocycles. The van der Waals surface area contributed by atoms with Crippen LogP contribution in [0.4, 0.5) is 0 Å². The van der Waals surface area contributed by atoms with Crippen molar-refractivity contribution in [2.75, 3.05) is 0 Å². The van der Waals surface area contributed by atoms with Crippen LogP contribution < -0.4 is 0 Å². The van der Waals surface area contributed by atoms with Crippen LogP contribution >= 0.6 is 33.8 Å². The maximum Gasteiger partial charge on any atom is 0.0902 e. The summed E-state index contributed by atoms with van der Waals surface area (Å²) in [6.07, 6.45) is 1.79. The molecule has 0 radical (unpaired) electrons. The molecule has 0 amide bonds. The van der Waals surface area contributed by atoms with E-state index < -0.39 is 0 Å². The quantitative estimate of drug-likeness (QED) is 0.485. The molecule has 0 fully saturated rings. The lowest BCUT2D eigenvalue weighted by Crippen LogP contribution is -1.46. The molecule has 1 aromatic heterocycles. The third-order valence-corrected chi connectivity index (χ3v) is 2.85. The molecule has 0 unspecified atom stereocenters. The number of hydrogen-bond donors (Lipinski definition) is 1. The zero-order chi connectivity index (χ0) is 5.11. The molecule has 0 saturated heterocycles. The topological polar surface area (TPSA) is 12.9 Å². The molecule has 1 aromatic rings. The predicted octanol–water partition coefficient (Wildman–Crippen LogP) is 2.08.